The van der Waals surface area contributed by atoms with Crippen molar-refractivity contribution in [3.63, 3.8) is 0 Å². The van der Waals surface area contributed by atoms with Crippen LogP contribution in [0.25, 0.3) is 0 Å². The van der Waals surface area contributed by atoms with Gasteiger partial charge >= 0.3 is 0 Å². The topological polar surface area (TPSA) is 127 Å². The molecule has 0 aliphatic carbocycles. The van der Waals surface area contributed by atoms with Gasteiger partial charge in [0.1, 0.15) is 29.2 Å². The fraction of sp³-hybridized carbons (Fsp3) is 0.200. The summed E-state index contributed by atoms with van der Waals surface area (Å²) in [6.07, 6.45) is 4.67. The highest BCUT2D eigenvalue weighted by Crippen LogP contribution is 2.29. The number of nitrogens with zero attached hydrogens (tertiary/aromatic N) is 2. The highest BCUT2D eigenvalue weighted by molar-refractivity contribution is 7.13. The number of ether oxygens (including phenoxy) is 3. The zero-order valence-electron chi connectivity index (χ0n) is 19.7. The number of aromatic nitrogens is 3. The molecule has 0 saturated carbocycles. The summed E-state index contributed by atoms with van der Waals surface area (Å²) in [7, 11) is 1.59. The lowest BCUT2D eigenvalue weighted by Crippen LogP contribution is -2.23. The number of aromatic amines is 1. The van der Waals surface area contributed by atoms with Gasteiger partial charge in [-0.3, -0.25) is 14.9 Å². The molecule has 4 rings (SSSR count). The number of thiazole rings is 1. The Bertz CT molecular complexity index is 1290. The smallest absolute Gasteiger partial charge is 0.257 e. The molecule has 2 aromatic carbocycles. The molecule has 0 spiro atoms. The van der Waals surface area contributed by atoms with Crippen LogP contribution in [0.3, 0.4) is 0 Å². The third kappa shape index (κ3) is 6.90. The molecule has 36 heavy (non-hydrogen) atoms. The van der Waals surface area contributed by atoms with Crippen LogP contribution in [0.4, 0.5) is 5.13 Å². The molecule has 10 nitrogen and oxygen atoms in total. The Morgan fingerprint density at radius 1 is 1.03 bits per heavy atom. The Labute approximate surface area is 211 Å². The first-order valence-electron chi connectivity index (χ1n) is 11.1. The lowest BCUT2D eigenvalue weighted by Gasteiger charge is -2.16. The molecule has 0 radical (unpaired) electrons. The van der Waals surface area contributed by atoms with Gasteiger partial charge in [-0.25, -0.2) is 9.97 Å². The lowest BCUT2D eigenvalue weighted by molar-refractivity contribution is 0.0915. The van der Waals surface area contributed by atoms with Crippen LogP contribution in [0.15, 0.2) is 66.4 Å². The molecule has 0 unspecified atom stereocenters. The van der Waals surface area contributed by atoms with Gasteiger partial charge in [0, 0.05) is 48.3 Å². The van der Waals surface area contributed by atoms with Gasteiger partial charge in [0.2, 0.25) is 0 Å². The maximum Gasteiger partial charge on any atom is 0.257 e. The van der Waals surface area contributed by atoms with E-state index in [9.17, 15) is 9.59 Å². The maximum atomic E-state index is 12.9. The van der Waals surface area contributed by atoms with E-state index < -0.39 is 0 Å². The van der Waals surface area contributed by atoms with Gasteiger partial charge in [-0.15, -0.1) is 11.3 Å². The van der Waals surface area contributed by atoms with E-state index in [4.69, 9.17) is 14.2 Å². The van der Waals surface area contributed by atoms with Crippen molar-refractivity contribution in [2.24, 2.45) is 0 Å². The molecule has 0 aliphatic heterocycles. The number of anilines is 1. The third-order valence-corrected chi connectivity index (χ3v) is 5.53. The minimum atomic E-state index is -0.356. The van der Waals surface area contributed by atoms with E-state index in [2.05, 4.69) is 25.6 Å². The maximum absolute atomic E-state index is 12.9. The van der Waals surface area contributed by atoms with E-state index in [1.807, 2.05) is 6.92 Å². The zero-order chi connectivity index (χ0) is 25.3. The van der Waals surface area contributed by atoms with Crippen LogP contribution in [-0.2, 0) is 11.3 Å². The number of hydrogen-bond donors (Lipinski definition) is 3. The molecule has 2 amide bonds. The van der Waals surface area contributed by atoms with Crippen LogP contribution in [0, 0.1) is 0 Å². The first-order chi connectivity index (χ1) is 17.5. The molecule has 0 aliphatic rings. The predicted octanol–water partition coefficient (Wildman–Crippen LogP) is 4.25. The molecule has 4 aromatic rings. The predicted molar refractivity (Wildman–Crippen MR) is 135 cm³/mol. The number of rotatable bonds is 11. The molecule has 0 bridgehead atoms. The van der Waals surface area contributed by atoms with E-state index in [-0.39, 0.29) is 24.5 Å². The van der Waals surface area contributed by atoms with Crippen molar-refractivity contribution in [3.05, 3.63) is 83.4 Å². The van der Waals surface area contributed by atoms with Crippen molar-refractivity contribution in [2.45, 2.75) is 19.6 Å². The summed E-state index contributed by atoms with van der Waals surface area (Å²) in [4.78, 5) is 36.5. The largest absolute Gasteiger partial charge is 0.488 e. The summed E-state index contributed by atoms with van der Waals surface area (Å²) in [6.45, 7) is 2.51. The van der Waals surface area contributed by atoms with Gasteiger partial charge < -0.3 is 24.5 Å². The summed E-state index contributed by atoms with van der Waals surface area (Å²) in [5.74, 6) is 1.26. The number of carbonyl (C=O) groups excluding carboxylic acids is 2. The molecule has 11 heteroatoms. The third-order valence-electron chi connectivity index (χ3n) is 4.84. The minimum absolute atomic E-state index is 0.249. The van der Waals surface area contributed by atoms with E-state index in [0.717, 1.165) is 0 Å². The lowest BCUT2D eigenvalue weighted by atomic mass is 10.1. The van der Waals surface area contributed by atoms with Crippen molar-refractivity contribution >= 4 is 28.3 Å². The molecule has 2 heterocycles. The van der Waals surface area contributed by atoms with E-state index in [0.29, 0.717) is 45.9 Å². The van der Waals surface area contributed by atoms with Crippen LogP contribution in [0.1, 0.15) is 33.5 Å². The number of methoxy groups -OCH3 is 1. The molecule has 3 N–H and O–H groups in total. The normalized spacial score (nSPS) is 11.5. The summed E-state index contributed by atoms with van der Waals surface area (Å²) in [6, 6.07) is 11.6. The highest BCUT2D eigenvalue weighted by atomic mass is 32.1. The molecular weight excluding hydrogens is 482 g/mol. The van der Waals surface area contributed by atoms with Crippen LogP contribution in [0.2, 0.25) is 0 Å². The van der Waals surface area contributed by atoms with Crippen molar-refractivity contribution in [1.82, 2.24) is 20.3 Å². The standard InChI is InChI=1S/C25H25N5O5S/c1-16(15-33-2)34-20-11-18(24(32)30-25-28-8-9-36-25)12-21(13-20)35-19-5-3-4-17(10-19)23(31)29-14-22-26-6-7-27-22/h3-13,16H,14-15H2,1-2H3,(H,26,27)(H,29,31)(H,28,30,32)/t16-/m0/s1. The number of imidazole rings is 1. The molecule has 186 valence electrons. The van der Waals surface area contributed by atoms with Crippen LogP contribution in [0.5, 0.6) is 17.2 Å². The van der Waals surface area contributed by atoms with Crippen molar-refractivity contribution in [3.8, 4) is 17.2 Å². The van der Waals surface area contributed by atoms with E-state index in [1.54, 1.807) is 73.5 Å². The van der Waals surface area contributed by atoms with Gasteiger partial charge in [0.25, 0.3) is 11.8 Å². The Morgan fingerprint density at radius 2 is 1.86 bits per heavy atom. The summed E-state index contributed by atoms with van der Waals surface area (Å²) in [5, 5.41) is 7.81. The molecule has 0 fully saturated rings. The highest BCUT2D eigenvalue weighted by Gasteiger charge is 2.15. The Morgan fingerprint density at radius 3 is 2.61 bits per heavy atom. The number of carbonyl (C=O) groups is 2. The quantitative estimate of drug-likeness (QED) is 0.277. The summed E-state index contributed by atoms with van der Waals surface area (Å²) >= 11 is 1.32. The average molecular weight is 508 g/mol. The van der Waals surface area contributed by atoms with Gasteiger partial charge in [-0.05, 0) is 37.3 Å². The Hall–Kier alpha value is -4.22. The van der Waals surface area contributed by atoms with Gasteiger partial charge in [-0.1, -0.05) is 6.07 Å². The van der Waals surface area contributed by atoms with E-state index >= 15 is 0 Å². The number of nitrogens with one attached hydrogen (secondary N) is 3. The average Bonchev–Trinajstić information content (AvgIpc) is 3.57. The van der Waals surface area contributed by atoms with Crippen molar-refractivity contribution in [1.29, 1.82) is 0 Å². The Kier molecular flexibility index (Phi) is 8.27. The molecule has 1 atom stereocenters. The van der Waals surface area contributed by atoms with Gasteiger partial charge in [0.05, 0.1) is 13.2 Å². The monoisotopic (exact) mass is 507 g/mol. The van der Waals surface area contributed by atoms with Gasteiger partial charge in [-0.2, -0.15) is 0 Å². The molecule has 0 saturated heterocycles. The first-order valence-corrected chi connectivity index (χ1v) is 11.9. The number of H-pyrrole nitrogens is 1. The fourth-order valence-electron chi connectivity index (χ4n) is 3.28. The summed E-state index contributed by atoms with van der Waals surface area (Å²) < 4.78 is 17.1. The first kappa shape index (κ1) is 24.9. The minimum Gasteiger partial charge on any atom is -0.488 e. The fourth-order valence-corrected chi connectivity index (χ4v) is 3.81. The second kappa shape index (κ2) is 12.0. The van der Waals surface area contributed by atoms with E-state index in [1.165, 1.54) is 11.3 Å². The van der Waals surface area contributed by atoms with Gasteiger partial charge in [0.15, 0.2) is 5.13 Å². The summed E-state index contributed by atoms with van der Waals surface area (Å²) in [5.41, 5.74) is 0.747. The molecule has 2 aromatic heterocycles. The van der Waals surface area contributed by atoms with Crippen molar-refractivity contribution < 1.29 is 23.8 Å². The Balaban J connectivity index is 1.53. The van der Waals surface area contributed by atoms with Crippen LogP contribution in [-0.4, -0.2) is 46.6 Å². The number of amides is 2. The van der Waals surface area contributed by atoms with Crippen LogP contribution >= 0.6 is 11.3 Å². The number of hydrogen-bond acceptors (Lipinski definition) is 8. The SMILES string of the molecule is COC[C@H](C)Oc1cc(Oc2cccc(C(=O)NCc3ncc[nH]3)c2)cc(C(=O)Nc2nccs2)c1. The number of benzene rings is 2. The zero-order valence-corrected chi connectivity index (χ0v) is 20.5. The second-order valence-electron chi connectivity index (χ2n) is 7.72. The van der Waals surface area contributed by atoms with Crippen molar-refractivity contribution in [2.75, 3.05) is 19.0 Å². The molecular formula is C25H25N5O5S. The van der Waals surface area contributed by atoms with Crippen LogP contribution < -0.4 is 20.1 Å². The second-order valence-corrected chi connectivity index (χ2v) is 8.61.